The van der Waals surface area contributed by atoms with Crippen LogP contribution in [0.4, 0.5) is 0 Å². The summed E-state index contributed by atoms with van der Waals surface area (Å²) in [5.41, 5.74) is 0.0668. The Balaban J connectivity index is 0.00000324. The van der Waals surface area contributed by atoms with Crippen LogP contribution in [0.2, 0.25) is 0 Å². The van der Waals surface area contributed by atoms with E-state index in [1.807, 2.05) is 0 Å². The third kappa shape index (κ3) is 5.67. The van der Waals surface area contributed by atoms with Gasteiger partial charge in [-0.25, -0.2) is 0 Å². The van der Waals surface area contributed by atoms with Crippen molar-refractivity contribution in [3.8, 4) is 0 Å². The lowest BCUT2D eigenvalue weighted by Gasteiger charge is -2.32. The summed E-state index contributed by atoms with van der Waals surface area (Å²) in [6.07, 6.45) is 4.65. The largest absolute Gasteiger partial charge is 0.396 e. The fourth-order valence-corrected chi connectivity index (χ4v) is 2.68. The molecule has 1 fully saturated rings. The molecule has 1 aliphatic rings. The Kier molecular flexibility index (Phi) is 9.40. The fraction of sp³-hybridized carbons (Fsp3) is 0.929. The second-order valence-electron chi connectivity index (χ2n) is 5.42. The predicted octanol–water partition coefficient (Wildman–Crippen LogP) is 1.71. The van der Waals surface area contributed by atoms with Crippen LogP contribution >= 0.6 is 12.4 Å². The summed E-state index contributed by atoms with van der Waals surface area (Å²) in [5.74, 6) is 0.368. The van der Waals surface area contributed by atoms with Crippen molar-refractivity contribution in [2.24, 2.45) is 11.3 Å². The standard InChI is InChI=1S/C14H28N2O2.ClH/c1-3-14(4-2,7-10-17)11-16-13(18)12-5-8-15-9-6-12;/h12,15,17H,3-11H2,1-2H3,(H,16,18);1H. The molecule has 0 unspecified atom stereocenters. The monoisotopic (exact) mass is 292 g/mol. The zero-order chi connectivity index (χ0) is 13.4. The van der Waals surface area contributed by atoms with E-state index < -0.39 is 0 Å². The van der Waals surface area contributed by atoms with Crippen molar-refractivity contribution in [1.82, 2.24) is 10.6 Å². The third-order valence-corrected chi connectivity index (χ3v) is 4.49. The molecule has 3 N–H and O–H groups in total. The number of carbonyl (C=O) groups excluding carboxylic acids is 1. The highest BCUT2D eigenvalue weighted by molar-refractivity contribution is 5.85. The van der Waals surface area contributed by atoms with Crippen molar-refractivity contribution in [2.75, 3.05) is 26.2 Å². The first-order valence-electron chi connectivity index (χ1n) is 7.26. The smallest absolute Gasteiger partial charge is 0.223 e. The lowest BCUT2D eigenvalue weighted by molar-refractivity contribution is -0.126. The highest BCUT2D eigenvalue weighted by Gasteiger charge is 2.28. The molecule has 0 aromatic carbocycles. The Morgan fingerprint density at radius 2 is 1.89 bits per heavy atom. The normalized spacial score (nSPS) is 16.8. The van der Waals surface area contributed by atoms with Crippen molar-refractivity contribution < 1.29 is 9.90 Å². The molecule has 1 saturated heterocycles. The van der Waals surface area contributed by atoms with Crippen LogP contribution in [0.1, 0.15) is 46.0 Å². The fourth-order valence-electron chi connectivity index (χ4n) is 2.68. The lowest BCUT2D eigenvalue weighted by atomic mass is 9.79. The first kappa shape index (κ1) is 18.7. The number of nitrogens with one attached hydrogen (secondary N) is 2. The van der Waals surface area contributed by atoms with E-state index >= 15 is 0 Å². The molecule has 1 heterocycles. The van der Waals surface area contributed by atoms with E-state index in [0.29, 0.717) is 6.54 Å². The van der Waals surface area contributed by atoms with E-state index in [4.69, 9.17) is 5.11 Å². The molecule has 0 aromatic heterocycles. The summed E-state index contributed by atoms with van der Waals surface area (Å²) in [6, 6.07) is 0. The van der Waals surface area contributed by atoms with Crippen LogP contribution in [0.3, 0.4) is 0 Å². The number of halogens is 1. The lowest BCUT2D eigenvalue weighted by Crippen LogP contribution is -2.43. The topological polar surface area (TPSA) is 61.4 Å². The molecule has 0 bridgehead atoms. The van der Waals surface area contributed by atoms with Crippen molar-refractivity contribution in [3.05, 3.63) is 0 Å². The van der Waals surface area contributed by atoms with Gasteiger partial charge in [0.05, 0.1) is 0 Å². The summed E-state index contributed by atoms with van der Waals surface area (Å²) < 4.78 is 0. The van der Waals surface area contributed by atoms with Gasteiger partial charge in [0, 0.05) is 19.1 Å². The average molecular weight is 293 g/mol. The van der Waals surface area contributed by atoms with Crippen molar-refractivity contribution in [2.45, 2.75) is 46.0 Å². The predicted molar refractivity (Wildman–Crippen MR) is 80.6 cm³/mol. The van der Waals surface area contributed by atoms with Gasteiger partial charge < -0.3 is 15.7 Å². The second kappa shape index (κ2) is 9.56. The Morgan fingerprint density at radius 1 is 1.32 bits per heavy atom. The molecular weight excluding hydrogens is 264 g/mol. The number of hydrogen-bond acceptors (Lipinski definition) is 3. The Bertz CT molecular complexity index is 252. The van der Waals surface area contributed by atoms with Gasteiger partial charge in [-0.05, 0) is 50.6 Å². The number of aliphatic hydroxyl groups is 1. The molecule has 0 aromatic rings. The molecular formula is C14H29ClN2O2. The van der Waals surface area contributed by atoms with E-state index in [1.165, 1.54) is 0 Å². The minimum Gasteiger partial charge on any atom is -0.396 e. The summed E-state index contributed by atoms with van der Waals surface area (Å²) >= 11 is 0. The molecule has 5 heteroatoms. The average Bonchev–Trinajstić information content (AvgIpc) is 2.44. The van der Waals surface area contributed by atoms with Gasteiger partial charge in [0.2, 0.25) is 5.91 Å². The zero-order valence-corrected chi connectivity index (χ0v) is 13.0. The second-order valence-corrected chi connectivity index (χ2v) is 5.42. The molecule has 1 amide bonds. The zero-order valence-electron chi connectivity index (χ0n) is 12.2. The van der Waals surface area contributed by atoms with Crippen LogP contribution in [0.5, 0.6) is 0 Å². The molecule has 1 aliphatic heterocycles. The SMILES string of the molecule is CCC(CC)(CCO)CNC(=O)C1CCNCC1.Cl. The summed E-state index contributed by atoms with van der Waals surface area (Å²) in [6.45, 7) is 7.06. The van der Waals surface area contributed by atoms with Crippen LogP contribution < -0.4 is 10.6 Å². The van der Waals surface area contributed by atoms with Gasteiger partial charge in [0.1, 0.15) is 0 Å². The van der Waals surface area contributed by atoms with Crippen LogP contribution in [-0.2, 0) is 4.79 Å². The van der Waals surface area contributed by atoms with Crippen LogP contribution in [0, 0.1) is 11.3 Å². The van der Waals surface area contributed by atoms with Crippen LogP contribution in [0.15, 0.2) is 0 Å². The van der Waals surface area contributed by atoms with Gasteiger partial charge in [0.15, 0.2) is 0 Å². The molecule has 4 nitrogen and oxygen atoms in total. The van der Waals surface area contributed by atoms with Crippen molar-refractivity contribution >= 4 is 18.3 Å². The van der Waals surface area contributed by atoms with Crippen LogP contribution in [-0.4, -0.2) is 37.3 Å². The molecule has 0 radical (unpaired) electrons. The van der Waals surface area contributed by atoms with Gasteiger partial charge in [-0.1, -0.05) is 13.8 Å². The molecule has 19 heavy (non-hydrogen) atoms. The number of rotatable bonds is 7. The third-order valence-electron chi connectivity index (χ3n) is 4.49. The van der Waals surface area contributed by atoms with Gasteiger partial charge >= 0.3 is 0 Å². The van der Waals surface area contributed by atoms with Gasteiger partial charge in [0.25, 0.3) is 0 Å². The van der Waals surface area contributed by atoms with Gasteiger partial charge in [-0.15, -0.1) is 12.4 Å². The molecule has 0 spiro atoms. The van der Waals surface area contributed by atoms with E-state index in [1.54, 1.807) is 0 Å². The number of piperidine rings is 1. The van der Waals surface area contributed by atoms with E-state index in [-0.39, 0.29) is 36.3 Å². The summed E-state index contributed by atoms with van der Waals surface area (Å²) in [4.78, 5) is 12.1. The quantitative estimate of drug-likeness (QED) is 0.669. The first-order valence-corrected chi connectivity index (χ1v) is 7.26. The first-order chi connectivity index (χ1) is 8.67. The highest BCUT2D eigenvalue weighted by atomic mass is 35.5. The minimum atomic E-state index is 0. The van der Waals surface area contributed by atoms with Crippen molar-refractivity contribution in [3.63, 3.8) is 0 Å². The Morgan fingerprint density at radius 3 is 2.37 bits per heavy atom. The van der Waals surface area contributed by atoms with Crippen LogP contribution in [0.25, 0.3) is 0 Å². The van der Waals surface area contributed by atoms with E-state index in [2.05, 4.69) is 24.5 Å². The Hall–Kier alpha value is -0.320. The van der Waals surface area contributed by atoms with E-state index in [0.717, 1.165) is 45.2 Å². The Labute approximate surface area is 123 Å². The molecule has 0 atom stereocenters. The maximum atomic E-state index is 12.1. The number of amides is 1. The molecule has 114 valence electrons. The molecule has 1 rings (SSSR count). The minimum absolute atomic E-state index is 0. The van der Waals surface area contributed by atoms with Gasteiger partial charge in [-0.3, -0.25) is 4.79 Å². The van der Waals surface area contributed by atoms with Crippen molar-refractivity contribution in [1.29, 1.82) is 0 Å². The molecule has 0 aliphatic carbocycles. The number of hydrogen-bond donors (Lipinski definition) is 3. The van der Waals surface area contributed by atoms with E-state index in [9.17, 15) is 4.79 Å². The van der Waals surface area contributed by atoms with Gasteiger partial charge in [-0.2, -0.15) is 0 Å². The maximum Gasteiger partial charge on any atom is 0.223 e. The maximum absolute atomic E-state index is 12.1. The summed E-state index contributed by atoms with van der Waals surface area (Å²) in [7, 11) is 0. The highest BCUT2D eigenvalue weighted by Crippen LogP contribution is 2.29. The molecule has 0 saturated carbocycles. The summed E-state index contributed by atoms with van der Waals surface area (Å²) in [5, 5.41) is 15.5. The number of carbonyl (C=O) groups is 1. The number of aliphatic hydroxyl groups excluding tert-OH is 1.